The molecule has 2 aliphatic rings. The van der Waals surface area contributed by atoms with E-state index in [2.05, 4.69) is 15.4 Å². The third-order valence-corrected chi connectivity index (χ3v) is 6.02. The number of hydrogen-bond donors (Lipinski definition) is 1. The molecule has 0 saturated carbocycles. The van der Waals surface area contributed by atoms with Gasteiger partial charge in [-0.15, -0.1) is 11.8 Å². The summed E-state index contributed by atoms with van der Waals surface area (Å²) in [6.45, 7) is 2.04. The first-order chi connectivity index (χ1) is 11.6. The number of carbonyl (C=O) groups is 2. The van der Waals surface area contributed by atoms with Gasteiger partial charge in [0.2, 0.25) is 11.8 Å². The highest BCUT2D eigenvalue weighted by Gasteiger charge is 2.52. The summed E-state index contributed by atoms with van der Waals surface area (Å²) in [5, 5.41) is 7.08. The van der Waals surface area contributed by atoms with E-state index in [4.69, 9.17) is 0 Å². The number of pyridine rings is 1. The molecular formula is C16H17N5O2S. The molecule has 7 nitrogen and oxygen atoms in total. The first kappa shape index (κ1) is 15.2. The Morgan fingerprint density at radius 2 is 2.29 bits per heavy atom. The fraction of sp³-hybridized carbons (Fsp3) is 0.375. The van der Waals surface area contributed by atoms with Gasteiger partial charge in [0, 0.05) is 30.8 Å². The fourth-order valence-corrected chi connectivity index (χ4v) is 4.73. The Morgan fingerprint density at radius 1 is 1.42 bits per heavy atom. The summed E-state index contributed by atoms with van der Waals surface area (Å²) in [6, 6.07) is 4.90. The summed E-state index contributed by atoms with van der Waals surface area (Å²) in [5.74, 6) is 1.05. The molecule has 4 heterocycles. The smallest absolute Gasteiger partial charge is 0.248 e. The Morgan fingerprint density at radius 3 is 3.08 bits per heavy atom. The maximum Gasteiger partial charge on any atom is 0.248 e. The van der Waals surface area contributed by atoms with Gasteiger partial charge in [0.15, 0.2) is 5.82 Å². The van der Waals surface area contributed by atoms with E-state index in [1.807, 2.05) is 6.92 Å². The van der Waals surface area contributed by atoms with Crippen LogP contribution in [0.15, 0.2) is 36.8 Å². The second kappa shape index (κ2) is 5.62. The molecule has 2 aliphatic heterocycles. The molecule has 0 unspecified atom stereocenters. The van der Waals surface area contributed by atoms with Crippen molar-refractivity contribution < 1.29 is 9.59 Å². The second-order valence-electron chi connectivity index (χ2n) is 6.08. The van der Waals surface area contributed by atoms with Crippen LogP contribution in [0.2, 0.25) is 0 Å². The van der Waals surface area contributed by atoms with Gasteiger partial charge in [0.05, 0.1) is 10.6 Å². The average Bonchev–Trinajstić information content (AvgIpc) is 3.26. The molecule has 0 radical (unpaired) electrons. The van der Waals surface area contributed by atoms with E-state index >= 15 is 0 Å². The van der Waals surface area contributed by atoms with Crippen molar-refractivity contribution in [1.82, 2.24) is 19.7 Å². The SMILES string of the molecule is C[C@@]12CCC(=O)N1[C@H](C(=O)Nc1cccnc1-n1cccn1)CS2. The molecule has 2 amide bonds. The maximum atomic E-state index is 12.8. The van der Waals surface area contributed by atoms with Crippen LogP contribution < -0.4 is 5.32 Å². The largest absolute Gasteiger partial charge is 0.321 e. The van der Waals surface area contributed by atoms with Crippen molar-refractivity contribution in [3.05, 3.63) is 36.8 Å². The number of carbonyl (C=O) groups excluding carboxylic acids is 2. The zero-order valence-corrected chi connectivity index (χ0v) is 14.0. The Labute approximate surface area is 143 Å². The topological polar surface area (TPSA) is 80.1 Å². The van der Waals surface area contributed by atoms with E-state index in [0.29, 0.717) is 23.7 Å². The monoisotopic (exact) mass is 343 g/mol. The third-order valence-electron chi connectivity index (χ3n) is 4.51. The molecule has 2 atom stereocenters. The lowest BCUT2D eigenvalue weighted by Gasteiger charge is -2.29. The molecule has 4 rings (SSSR count). The van der Waals surface area contributed by atoms with Gasteiger partial charge in [-0.05, 0) is 31.5 Å². The molecule has 8 heteroatoms. The molecule has 2 saturated heterocycles. The summed E-state index contributed by atoms with van der Waals surface area (Å²) in [4.78, 5) is 30.8. The van der Waals surface area contributed by atoms with Gasteiger partial charge in [0.25, 0.3) is 0 Å². The molecule has 2 aromatic heterocycles. The van der Waals surface area contributed by atoms with Gasteiger partial charge in [-0.2, -0.15) is 5.10 Å². The van der Waals surface area contributed by atoms with Crippen LogP contribution in [0.25, 0.3) is 5.82 Å². The quantitative estimate of drug-likeness (QED) is 0.917. The fourth-order valence-electron chi connectivity index (χ4n) is 3.30. The standard InChI is InChI=1S/C16H17N5O2S/c1-16-6-5-13(22)21(16)12(10-24-16)15(23)19-11-4-2-7-17-14(11)20-9-3-8-18-20/h2-4,7-9,12H,5-6,10H2,1H3,(H,19,23)/t12-,16+/m0/s1. The molecular weight excluding hydrogens is 326 g/mol. The van der Waals surface area contributed by atoms with Crippen molar-refractivity contribution in [3.8, 4) is 5.82 Å². The van der Waals surface area contributed by atoms with Gasteiger partial charge < -0.3 is 10.2 Å². The van der Waals surface area contributed by atoms with Crippen molar-refractivity contribution in [3.63, 3.8) is 0 Å². The molecule has 2 fully saturated rings. The second-order valence-corrected chi connectivity index (χ2v) is 7.58. The molecule has 2 aromatic rings. The summed E-state index contributed by atoms with van der Waals surface area (Å²) in [7, 11) is 0. The van der Waals surface area contributed by atoms with Crippen LogP contribution in [0, 0.1) is 0 Å². The third kappa shape index (κ3) is 2.37. The van der Waals surface area contributed by atoms with E-state index in [9.17, 15) is 9.59 Å². The highest BCUT2D eigenvalue weighted by atomic mass is 32.2. The Balaban J connectivity index is 1.59. The van der Waals surface area contributed by atoms with Crippen molar-refractivity contribution in [1.29, 1.82) is 0 Å². The Hall–Kier alpha value is -2.35. The van der Waals surface area contributed by atoms with Gasteiger partial charge in [-0.25, -0.2) is 9.67 Å². The molecule has 0 aromatic carbocycles. The van der Waals surface area contributed by atoms with Crippen LogP contribution in [-0.2, 0) is 9.59 Å². The number of thioether (sulfide) groups is 1. The molecule has 1 N–H and O–H groups in total. The molecule has 0 spiro atoms. The van der Waals surface area contributed by atoms with Crippen LogP contribution >= 0.6 is 11.8 Å². The van der Waals surface area contributed by atoms with Crippen molar-refractivity contribution >= 4 is 29.3 Å². The molecule has 0 aliphatic carbocycles. The zero-order chi connectivity index (χ0) is 16.7. The first-order valence-corrected chi connectivity index (χ1v) is 8.79. The highest BCUT2D eigenvalue weighted by Crippen LogP contribution is 2.47. The van der Waals surface area contributed by atoms with Crippen LogP contribution in [0.5, 0.6) is 0 Å². The van der Waals surface area contributed by atoms with Gasteiger partial charge >= 0.3 is 0 Å². The highest BCUT2D eigenvalue weighted by molar-refractivity contribution is 8.01. The first-order valence-electron chi connectivity index (χ1n) is 7.80. The van der Waals surface area contributed by atoms with Crippen LogP contribution in [0.4, 0.5) is 5.69 Å². The minimum absolute atomic E-state index is 0.0566. The lowest BCUT2D eigenvalue weighted by Crippen LogP contribution is -2.48. The Kier molecular flexibility index (Phi) is 3.56. The van der Waals surface area contributed by atoms with E-state index in [-0.39, 0.29) is 16.7 Å². The normalized spacial score (nSPS) is 25.8. The summed E-state index contributed by atoms with van der Waals surface area (Å²) in [6.07, 6.45) is 6.39. The zero-order valence-electron chi connectivity index (χ0n) is 13.2. The number of hydrogen-bond acceptors (Lipinski definition) is 5. The summed E-state index contributed by atoms with van der Waals surface area (Å²) in [5.41, 5.74) is 0.580. The van der Waals surface area contributed by atoms with Crippen molar-refractivity contribution in [2.24, 2.45) is 0 Å². The Bertz CT molecular complexity index is 794. The van der Waals surface area contributed by atoms with Gasteiger partial charge in [-0.1, -0.05) is 0 Å². The average molecular weight is 343 g/mol. The molecule has 124 valence electrons. The number of rotatable bonds is 3. The minimum Gasteiger partial charge on any atom is -0.321 e. The van der Waals surface area contributed by atoms with E-state index in [1.54, 1.807) is 58.1 Å². The van der Waals surface area contributed by atoms with E-state index in [1.165, 1.54) is 0 Å². The molecule has 0 bridgehead atoms. The number of anilines is 1. The van der Waals surface area contributed by atoms with Crippen LogP contribution in [-0.4, -0.2) is 48.1 Å². The molecule has 24 heavy (non-hydrogen) atoms. The number of amides is 2. The van der Waals surface area contributed by atoms with Crippen molar-refractivity contribution in [2.45, 2.75) is 30.7 Å². The summed E-state index contributed by atoms with van der Waals surface area (Å²) >= 11 is 1.68. The number of nitrogens with zero attached hydrogens (tertiary/aromatic N) is 4. The van der Waals surface area contributed by atoms with Gasteiger partial charge in [-0.3, -0.25) is 9.59 Å². The number of nitrogens with one attached hydrogen (secondary N) is 1. The van der Waals surface area contributed by atoms with E-state index < -0.39 is 6.04 Å². The number of fused-ring (bicyclic) bond motifs is 1. The van der Waals surface area contributed by atoms with Crippen LogP contribution in [0.3, 0.4) is 0 Å². The minimum atomic E-state index is -0.444. The lowest BCUT2D eigenvalue weighted by atomic mass is 10.2. The predicted molar refractivity (Wildman–Crippen MR) is 90.7 cm³/mol. The summed E-state index contributed by atoms with van der Waals surface area (Å²) < 4.78 is 1.60. The van der Waals surface area contributed by atoms with Crippen LogP contribution in [0.1, 0.15) is 19.8 Å². The number of aromatic nitrogens is 3. The maximum absolute atomic E-state index is 12.8. The lowest BCUT2D eigenvalue weighted by molar-refractivity contribution is -0.135. The van der Waals surface area contributed by atoms with Gasteiger partial charge in [0.1, 0.15) is 6.04 Å². The van der Waals surface area contributed by atoms with Crippen molar-refractivity contribution in [2.75, 3.05) is 11.1 Å². The predicted octanol–water partition coefficient (Wildman–Crippen LogP) is 1.66. The van der Waals surface area contributed by atoms with E-state index in [0.717, 1.165) is 6.42 Å².